The molecule has 1 aliphatic carbocycles. The van der Waals surface area contributed by atoms with Crippen molar-refractivity contribution in [3.05, 3.63) is 128 Å². The van der Waals surface area contributed by atoms with Crippen molar-refractivity contribution in [2.75, 3.05) is 0 Å². The second-order valence-corrected chi connectivity index (χ2v) is 10.5. The Morgan fingerprint density at radius 2 is 0.865 bits per heavy atom. The third-order valence-corrected chi connectivity index (χ3v) is 6.88. The van der Waals surface area contributed by atoms with Crippen molar-refractivity contribution in [3.8, 4) is 0 Å². The van der Waals surface area contributed by atoms with Gasteiger partial charge in [0.2, 0.25) is 0 Å². The van der Waals surface area contributed by atoms with E-state index in [0.29, 0.717) is 5.92 Å². The smallest absolute Gasteiger partial charge is 1.00 e. The second-order valence-electron chi connectivity index (χ2n) is 10.5. The van der Waals surface area contributed by atoms with E-state index in [4.69, 9.17) is 0 Å². The van der Waals surface area contributed by atoms with Gasteiger partial charge in [0.1, 0.15) is 0 Å². The minimum Gasteiger partial charge on any atom is -1.00 e. The Labute approximate surface area is 258 Å². The fourth-order valence-corrected chi connectivity index (χ4v) is 5.93. The molecule has 4 heteroatoms. The van der Waals surface area contributed by atoms with Crippen molar-refractivity contribution in [3.63, 3.8) is 0 Å². The average molecular weight is 588 g/mol. The molecule has 0 heterocycles. The van der Waals surface area contributed by atoms with Gasteiger partial charge in [0.15, 0.2) is 0 Å². The van der Waals surface area contributed by atoms with Crippen LogP contribution in [-0.4, -0.2) is 0 Å². The van der Waals surface area contributed by atoms with Crippen LogP contribution in [-0.2, 0) is 27.1 Å². The van der Waals surface area contributed by atoms with Crippen molar-refractivity contribution >= 4 is 0 Å². The third-order valence-electron chi connectivity index (χ3n) is 6.88. The molecule has 0 spiro atoms. The van der Waals surface area contributed by atoms with E-state index in [1.165, 1.54) is 61.2 Å². The molecule has 0 bridgehead atoms. The molecule has 3 aromatic carbocycles. The molecule has 0 aliphatic heterocycles. The number of benzene rings is 3. The standard InChI is InChI=1S/C33H37.3ClH.Ti/c1-21(2)31-10-9-11-32(31)33(28-15-22(3)12-23(4)16-28,29-17-24(5)13-25(6)18-29)30-19-26(7)14-27(8)20-30;;;;/h9,12-21H,11H2,1-8H3;3*1H;/q-1;;;;+4/p-3. The summed E-state index contributed by atoms with van der Waals surface area (Å²) in [6.45, 7) is 17.9. The topological polar surface area (TPSA) is 0 Å². The molecular formula is C33H37Cl3Ti. The van der Waals surface area contributed by atoms with Crippen LogP contribution < -0.4 is 37.2 Å². The molecule has 1 aliphatic rings. The van der Waals surface area contributed by atoms with Crippen molar-refractivity contribution in [2.45, 2.75) is 67.2 Å². The maximum Gasteiger partial charge on any atom is 4.00 e. The van der Waals surface area contributed by atoms with Gasteiger partial charge in [0, 0.05) is 5.41 Å². The summed E-state index contributed by atoms with van der Waals surface area (Å²) >= 11 is 0. The Morgan fingerprint density at radius 3 is 1.14 bits per heavy atom. The third kappa shape index (κ3) is 7.03. The van der Waals surface area contributed by atoms with E-state index < -0.39 is 0 Å². The van der Waals surface area contributed by atoms with Crippen LogP contribution in [0.25, 0.3) is 0 Å². The SMILES string of the molecule is Cc1cc(C)cc(C(C2=C(C(C)C)[C-]=CC2)(c2cc(C)cc(C)c2)c2cc(C)cc(C)c2)c1.[Cl-].[Cl-].[Cl-].[Ti+4]. The van der Waals surface area contributed by atoms with Crippen molar-refractivity contribution in [1.29, 1.82) is 0 Å². The average Bonchev–Trinajstić information content (AvgIpc) is 3.17. The fourth-order valence-electron chi connectivity index (χ4n) is 5.93. The maximum absolute atomic E-state index is 3.66. The Kier molecular flexibility index (Phi) is 13.7. The van der Waals surface area contributed by atoms with E-state index in [1.807, 2.05) is 0 Å². The monoisotopic (exact) mass is 586 g/mol. The van der Waals surface area contributed by atoms with Gasteiger partial charge in [0.25, 0.3) is 0 Å². The number of hydrogen-bond donors (Lipinski definition) is 0. The zero-order chi connectivity index (χ0) is 23.9. The minimum atomic E-state index is -0.357. The predicted molar refractivity (Wildman–Crippen MR) is 142 cm³/mol. The second kappa shape index (κ2) is 14.2. The van der Waals surface area contributed by atoms with E-state index >= 15 is 0 Å². The first kappa shape index (κ1) is 35.7. The number of aryl methyl sites for hydroxylation is 6. The summed E-state index contributed by atoms with van der Waals surface area (Å²) in [5.74, 6) is 0.417. The molecule has 3 aromatic rings. The zero-order valence-electron chi connectivity index (χ0n) is 23.2. The molecule has 4 rings (SSSR count). The van der Waals surface area contributed by atoms with Gasteiger partial charge in [-0.05, 0) is 58.2 Å². The summed E-state index contributed by atoms with van der Waals surface area (Å²) in [6, 6.07) is 21.3. The summed E-state index contributed by atoms with van der Waals surface area (Å²) < 4.78 is 0. The molecule has 37 heavy (non-hydrogen) atoms. The first-order chi connectivity index (χ1) is 15.6. The molecular weight excluding hydrogens is 551 g/mol. The molecule has 0 aromatic heterocycles. The van der Waals surface area contributed by atoms with Crippen LogP contribution in [0.2, 0.25) is 0 Å². The number of allylic oxidation sites excluding steroid dienone is 4. The maximum atomic E-state index is 3.66. The number of hydrogen-bond acceptors (Lipinski definition) is 0. The first-order valence-electron chi connectivity index (χ1n) is 12.2. The van der Waals surface area contributed by atoms with Crippen molar-refractivity contribution in [1.82, 2.24) is 0 Å². The van der Waals surface area contributed by atoms with E-state index in [9.17, 15) is 0 Å². The Hall–Kier alpha value is -1.28. The molecule has 0 radical (unpaired) electrons. The molecule has 0 unspecified atom stereocenters. The predicted octanol–water partition coefficient (Wildman–Crippen LogP) is -0.403. The normalized spacial score (nSPS) is 12.5. The van der Waals surface area contributed by atoms with Crippen LogP contribution in [0.1, 0.15) is 70.3 Å². The van der Waals surface area contributed by atoms with Crippen LogP contribution in [0.15, 0.2) is 71.8 Å². The number of halogens is 3. The van der Waals surface area contributed by atoms with Gasteiger partial charge >= 0.3 is 21.7 Å². The van der Waals surface area contributed by atoms with Crippen LogP contribution in [0.5, 0.6) is 0 Å². The molecule has 0 nitrogen and oxygen atoms in total. The summed E-state index contributed by atoms with van der Waals surface area (Å²) in [4.78, 5) is 0. The van der Waals surface area contributed by atoms with Crippen LogP contribution >= 0.6 is 0 Å². The zero-order valence-corrected chi connectivity index (χ0v) is 27.0. The fraction of sp³-hybridized carbons (Fsp3) is 0.333. The summed E-state index contributed by atoms with van der Waals surface area (Å²) in [6.07, 6.45) is 6.84. The van der Waals surface area contributed by atoms with Crippen LogP contribution in [0, 0.1) is 53.5 Å². The summed E-state index contributed by atoms with van der Waals surface area (Å²) in [7, 11) is 0. The van der Waals surface area contributed by atoms with Crippen molar-refractivity contribution in [2.24, 2.45) is 5.92 Å². The van der Waals surface area contributed by atoms with Gasteiger partial charge in [-0.1, -0.05) is 114 Å². The van der Waals surface area contributed by atoms with Gasteiger partial charge in [0.05, 0.1) is 0 Å². The molecule has 0 atom stereocenters. The van der Waals surface area contributed by atoms with Gasteiger partial charge in [-0.2, -0.15) is 11.6 Å². The van der Waals surface area contributed by atoms with Crippen LogP contribution in [0.3, 0.4) is 0 Å². The van der Waals surface area contributed by atoms with E-state index in [0.717, 1.165) is 6.42 Å². The van der Waals surface area contributed by atoms with Gasteiger partial charge in [-0.25, -0.2) is 5.57 Å². The summed E-state index contributed by atoms with van der Waals surface area (Å²) in [5.41, 5.74) is 14.4. The number of rotatable bonds is 5. The molecule has 0 N–H and O–H groups in total. The Morgan fingerprint density at radius 1 is 0.568 bits per heavy atom. The van der Waals surface area contributed by atoms with E-state index in [2.05, 4.69) is 122 Å². The molecule has 0 saturated heterocycles. The Bertz CT molecular complexity index is 1100. The molecule has 0 saturated carbocycles. The largest absolute Gasteiger partial charge is 4.00 e. The molecule has 194 valence electrons. The van der Waals surface area contributed by atoms with Gasteiger partial charge in [-0.15, -0.1) is 0 Å². The van der Waals surface area contributed by atoms with E-state index in [-0.39, 0.29) is 64.4 Å². The van der Waals surface area contributed by atoms with Crippen molar-refractivity contribution < 1.29 is 58.9 Å². The molecule has 0 fully saturated rings. The van der Waals surface area contributed by atoms with Crippen LogP contribution in [0.4, 0.5) is 0 Å². The van der Waals surface area contributed by atoms with Gasteiger partial charge < -0.3 is 37.2 Å². The van der Waals surface area contributed by atoms with Gasteiger partial charge in [-0.3, -0.25) is 6.08 Å². The molecule has 0 amide bonds. The minimum absolute atomic E-state index is 0. The quantitative estimate of drug-likeness (QED) is 0.217. The summed E-state index contributed by atoms with van der Waals surface area (Å²) in [5, 5.41) is 0. The van der Waals surface area contributed by atoms with E-state index in [1.54, 1.807) is 0 Å². The Balaban J connectivity index is 0.00000324. The first-order valence-corrected chi connectivity index (χ1v) is 12.2.